The second kappa shape index (κ2) is 5.00. The second-order valence-corrected chi connectivity index (χ2v) is 3.10. The van der Waals surface area contributed by atoms with Gasteiger partial charge in [0.2, 0.25) is 0 Å². The van der Waals surface area contributed by atoms with E-state index in [-0.39, 0.29) is 12.6 Å². The van der Waals surface area contributed by atoms with Crippen LogP contribution >= 0.6 is 0 Å². The van der Waals surface area contributed by atoms with Gasteiger partial charge in [0.15, 0.2) is 0 Å². The van der Waals surface area contributed by atoms with Crippen molar-refractivity contribution in [2.75, 3.05) is 13.7 Å². The Morgan fingerprint density at radius 3 is 2.46 bits per heavy atom. The Bertz CT molecular complexity index is 243. The lowest BCUT2D eigenvalue weighted by molar-refractivity contribution is 0.269. The Kier molecular flexibility index (Phi) is 3.93. The number of aliphatic hydroxyl groups excluding tert-OH is 1. The van der Waals surface area contributed by atoms with Crippen LogP contribution in [0.25, 0.3) is 0 Å². The summed E-state index contributed by atoms with van der Waals surface area (Å²) in [5.74, 6) is 0. The zero-order valence-corrected chi connectivity index (χ0v) is 7.96. The summed E-state index contributed by atoms with van der Waals surface area (Å²) < 4.78 is 0. The van der Waals surface area contributed by atoms with Crippen molar-refractivity contribution in [1.29, 1.82) is 0 Å². The number of aliphatic hydroxyl groups is 1. The van der Waals surface area contributed by atoms with Crippen molar-refractivity contribution in [2.45, 2.75) is 12.5 Å². The lowest BCUT2D eigenvalue weighted by atomic mass is 10.0. The Balaban J connectivity index is 2.73. The average molecular weight is 178 g/mol. The number of nitrogens with one attached hydrogen (secondary N) is 1. The van der Waals surface area contributed by atoms with E-state index in [1.807, 2.05) is 31.3 Å². The molecule has 0 heterocycles. The SMILES string of the molecule is [CH2]c1ccc([C@H](CCO)NC)cc1. The highest BCUT2D eigenvalue weighted by atomic mass is 16.3. The molecule has 2 nitrogen and oxygen atoms in total. The van der Waals surface area contributed by atoms with E-state index >= 15 is 0 Å². The molecule has 0 aromatic heterocycles. The van der Waals surface area contributed by atoms with E-state index in [0.717, 1.165) is 12.0 Å². The maximum absolute atomic E-state index is 8.83. The average Bonchev–Trinajstić information content (AvgIpc) is 2.16. The van der Waals surface area contributed by atoms with E-state index < -0.39 is 0 Å². The highest BCUT2D eigenvalue weighted by molar-refractivity contribution is 5.26. The van der Waals surface area contributed by atoms with Crippen LogP contribution in [0.3, 0.4) is 0 Å². The molecule has 1 atom stereocenters. The summed E-state index contributed by atoms with van der Waals surface area (Å²) in [6.45, 7) is 4.03. The van der Waals surface area contributed by atoms with E-state index in [2.05, 4.69) is 12.2 Å². The molecule has 1 rings (SSSR count). The predicted octanol–water partition coefficient (Wildman–Crippen LogP) is 1.51. The van der Waals surface area contributed by atoms with Gasteiger partial charge in [-0.25, -0.2) is 0 Å². The van der Waals surface area contributed by atoms with Gasteiger partial charge in [-0.1, -0.05) is 24.3 Å². The molecule has 0 aliphatic carbocycles. The van der Waals surface area contributed by atoms with Gasteiger partial charge < -0.3 is 10.4 Å². The number of hydrogen-bond donors (Lipinski definition) is 2. The van der Waals surface area contributed by atoms with Crippen molar-refractivity contribution in [3.63, 3.8) is 0 Å². The van der Waals surface area contributed by atoms with Crippen molar-refractivity contribution in [3.8, 4) is 0 Å². The summed E-state index contributed by atoms with van der Waals surface area (Å²) in [6.07, 6.45) is 0.743. The Hall–Kier alpha value is -0.860. The second-order valence-electron chi connectivity index (χ2n) is 3.10. The fraction of sp³-hybridized carbons (Fsp3) is 0.364. The topological polar surface area (TPSA) is 32.3 Å². The van der Waals surface area contributed by atoms with Crippen LogP contribution in [-0.4, -0.2) is 18.8 Å². The third-order valence-electron chi connectivity index (χ3n) is 2.15. The Morgan fingerprint density at radius 1 is 1.38 bits per heavy atom. The third kappa shape index (κ3) is 2.83. The van der Waals surface area contributed by atoms with E-state index in [1.54, 1.807) is 0 Å². The minimum atomic E-state index is 0.206. The number of hydrogen-bond acceptors (Lipinski definition) is 2. The summed E-state index contributed by atoms with van der Waals surface area (Å²) in [5, 5.41) is 12.0. The smallest absolute Gasteiger partial charge is 0.0449 e. The van der Waals surface area contributed by atoms with Crippen LogP contribution in [0.2, 0.25) is 0 Å². The van der Waals surface area contributed by atoms with Gasteiger partial charge in [0, 0.05) is 12.6 Å². The summed E-state index contributed by atoms with van der Waals surface area (Å²) in [5.41, 5.74) is 2.21. The van der Waals surface area contributed by atoms with Crippen LogP contribution in [0.5, 0.6) is 0 Å². The van der Waals surface area contributed by atoms with Crippen LogP contribution in [0, 0.1) is 6.92 Å². The summed E-state index contributed by atoms with van der Waals surface area (Å²) in [4.78, 5) is 0. The van der Waals surface area contributed by atoms with E-state index in [9.17, 15) is 0 Å². The normalized spacial score (nSPS) is 12.8. The van der Waals surface area contributed by atoms with Crippen LogP contribution in [0.1, 0.15) is 23.6 Å². The first-order chi connectivity index (χ1) is 6.27. The molecule has 1 aromatic carbocycles. The summed E-state index contributed by atoms with van der Waals surface area (Å²) >= 11 is 0. The van der Waals surface area contributed by atoms with Gasteiger partial charge in [0.05, 0.1) is 0 Å². The lowest BCUT2D eigenvalue weighted by Crippen LogP contribution is -2.17. The first kappa shape index (κ1) is 10.2. The summed E-state index contributed by atoms with van der Waals surface area (Å²) in [7, 11) is 1.90. The molecule has 71 valence electrons. The number of rotatable bonds is 4. The molecular formula is C11H16NO. The quantitative estimate of drug-likeness (QED) is 0.732. The minimum absolute atomic E-state index is 0.206. The zero-order chi connectivity index (χ0) is 9.68. The van der Waals surface area contributed by atoms with Crippen LogP contribution in [0.15, 0.2) is 24.3 Å². The van der Waals surface area contributed by atoms with Gasteiger partial charge in [-0.15, -0.1) is 0 Å². The molecule has 1 aromatic rings. The molecular weight excluding hydrogens is 162 g/mol. The summed E-state index contributed by atoms with van der Waals surface area (Å²) in [6, 6.07) is 8.29. The van der Waals surface area contributed by atoms with E-state index in [4.69, 9.17) is 5.11 Å². The fourth-order valence-corrected chi connectivity index (χ4v) is 1.36. The van der Waals surface area contributed by atoms with Crippen LogP contribution in [-0.2, 0) is 0 Å². The highest BCUT2D eigenvalue weighted by Crippen LogP contribution is 2.16. The van der Waals surface area contributed by atoms with Crippen molar-refractivity contribution in [3.05, 3.63) is 42.3 Å². The Morgan fingerprint density at radius 2 is 2.00 bits per heavy atom. The van der Waals surface area contributed by atoms with Crippen molar-refractivity contribution < 1.29 is 5.11 Å². The number of benzene rings is 1. The van der Waals surface area contributed by atoms with Gasteiger partial charge in [0.1, 0.15) is 0 Å². The van der Waals surface area contributed by atoms with Crippen molar-refractivity contribution in [2.24, 2.45) is 0 Å². The molecule has 0 unspecified atom stereocenters. The molecule has 0 aliphatic rings. The van der Waals surface area contributed by atoms with E-state index in [0.29, 0.717) is 0 Å². The highest BCUT2D eigenvalue weighted by Gasteiger charge is 2.06. The maximum atomic E-state index is 8.83. The van der Waals surface area contributed by atoms with Crippen LogP contribution in [0.4, 0.5) is 0 Å². The molecule has 0 spiro atoms. The molecule has 2 heteroatoms. The lowest BCUT2D eigenvalue weighted by Gasteiger charge is -2.15. The van der Waals surface area contributed by atoms with Gasteiger partial charge >= 0.3 is 0 Å². The standard InChI is InChI=1S/C11H16NO/c1-9-3-5-10(6-4-9)11(12-2)7-8-13/h3-6,11-13H,1,7-8H2,2H3/t11-/m0/s1. The first-order valence-electron chi connectivity index (χ1n) is 4.48. The fourth-order valence-electron chi connectivity index (χ4n) is 1.36. The molecule has 0 saturated heterocycles. The molecule has 13 heavy (non-hydrogen) atoms. The predicted molar refractivity (Wildman–Crippen MR) is 54.4 cm³/mol. The molecule has 1 radical (unpaired) electrons. The third-order valence-corrected chi connectivity index (χ3v) is 2.15. The van der Waals surface area contributed by atoms with Gasteiger partial charge in [-0.3, -0.25) is 0 Å². The monoisotopic (exact) mass is 178 g/mol. The minimum Gasteiger partial charge on any atom is -0.396 e. The molecule has 0 saturated carbocycles. The Labute approximate surface area is 79.6 Å². The molecule has 0 amide bonds. The first-order valence-corrected chi connectivity index (χ1v) is 4.48. The van der Waals surface area contributed by atoms with E-state index in [1.165, 1.54) is 5.56 Å². The largest absolute Gasteiger partial charge is 0.396 e. The molecule has 0 fully saturated rings. The van der Waals surface area contributed by atoms with Crippen molar-refractivity contribution in [1.82, 2.24) is 5.32 Å². The van der Waals surface area contributed by atoms with Gasteiger partial charge in [0.25, 0.3) is 0 Å². The zero-order valence-electron chi connectivity index (χ0n) is 7.96. The maximum Gasteiger partial charge on any atom is 0.0449 e. The molecule has 2 N–H and O–H groups in total. The molecule has 0 aliphatic heterocycles. The van der Waals surface area contributed by atoms with Crippen LogP contribution < -0.4 is 5.32 Å². The molecule has 0 bridgehead atoms. The van der Waals surface area contributed by atoms with Gasteiger partial charge in [-0.2, -0.15) is 0 Å². The van der Waals surface area contributed by atoms with Crippen molar-refractivity contribution >= 4 is 0 Å². The van der Waals surface area contributed by atoms with Gasteiger partial charge in [-0.05, 0) is 31.5 Å².